The summed E-state index contributed by atoms with van der Waals surface area (Å²) in [6, 6.07) is 5.60. The predicted molar refractivity (Wildman–Crippen MR) is 76.4 cm³/mol. The van der Waals surface area contributed by atoms with Crippen molar-refractivity contribution in [3.05, 3.63) is 28.2 Å². The summed E-state index contributed by atoms with van der Waals surface area (Å²) in [4.78, 5) is 2.01. The van der Waals surface area contributed by atoms with Crippen LogP contribution in [0.2, 0.25) is 0 Å². The third-order valence-electron chi connectivity index (χ3n) is 2.53. The molecule has 1 aromatic carbocycles. The molecule has 0 radical (unpaired) electrons. The molecule has 0 bridgehead atoms. The van der Waals surface area contributed by atoms with E-state index >= 15 is 0 Å². The number of benzene rings is 1. The van der Waals surface area contributed by atoms with Gasteiger partial charge in [-0.2, -0.15) is 0 Å². The Hall–Kier alpha value is -1.27. The first-order valence-electron chi connectivity index (χ1n) is 5.66. The second-order valence-electron chi connectivity index (χ2n) is 3.77. The van der Waals surface area contributed by atoms with Gasteiger partial charge in [-0.1, -0.05) is 21.1 Å². The molecule has 3 N–H and O–H groups in total. The second kappa shape index (κ2) is 7.23. The number of halogens is 1. The van der Waals surface area contributed by atoms with Crippen LogP contribution >= 0.6 is 15.9 Å². The number of amidine groups is 1. The minimum Gasteiger partial charge on any atom is -0.409 e. The van der Waals surface area contributed by atoms with Crippen LogP contribution in [-0.4, -0.2) is 37.8 Å². The first-order chi connectivity index (χ1) is 8.60. The van der Waals surface area contributed by atoms with E-state index in [1.165, 1.54) is 0 Å². The van der Waals surface area contributed by atoms with Crippen molar-refractivity contribution < 1.29 is 9.94 Å². The van der Waals surface area contributed by atoms with Crippen LogP contribution < -0.4 is 10.6 Å². The smallest absolute Gasteiger partial charge is 0.172 e. The molecule has 0 atom stereocenters. The molecule has 0 spiro atoms. The van der Waals surface area contributed by atoms with Gasteiger partial charge in [0.05, 0.1) is 6.61 Å². The summed E-state index contributed by atoms with van der Waals surface area (Å²) in [5.74, 6) is 0.0979. The predicted octanol–water partition coefficient (Wildman–Crippen LogP) is 2.02. The average Bonchev–Trinajstić information content (AvgIpc) is 2.38. The number of hydrogen-bond donors (Lipinski definition) is 2. The molecule has 100 valence electrons. The van der Waals surface area contributed by atoms with Crippen LogP contribution in [-0.2, 0) is 4.74 Å². The van der Waals surface area contributed by atoms with E-state index in [1.807, 2.05) is 37.1 Å². The fraction of sp³-hybridized carbons (Fsp3) is 0.417. The topological polar surface area (TPSA) is 71.1 Å². The highest BCUT2D eigenvalue weighted by Crippen LogP contribution is 2.24. The molecular formula is C12H18BrN3O2. The first kappa shape index (κ1) is 14.8. The van der Waals surface area contributed by atoms with E-state index in [1.54, 1.807) is 0 Å². The molecule has 0 aliphatic heterocycles. The molecule has 0 amide bonds. The van der Waals surface area contributed by atoms with Crippen LogP contribution in [0.15, 0.2) is 27.8 Å². The quantitative estimate of drug-likeness (QED) is 0.277. The fourth-order valence-corrected chi connectivity index (χ4v) is 1.91. The van der Waals surface area contributed by atoms with Crippen molar-refractivity contribution in [3.63, 3.8) is 0 Å². The van der Waals surface area contributed by atoms with Gasteiger partial charge in [0.25, 0.3) is 0 Å². The maximum absolute atomic E-state index is 8.79. The van der Waals surface area contributed by atoms with Gasteiger partial charge in [-0.25, -0.2) is 0 Å². The van der Waals surface area contributed by atoms with Crippen molar-refractivity contribution in [2.75, 3.05) is 31.7 Å². The van der Waals surface area contributed by atoms with Crippen molar-refractivity contribution in [1.82, 2.24) is 0 Å². The van der Waals surface area contributed by atoms with E-state index in [4.69, 9.17) is 15.7 Å². The molecule has 1 aromatic rings. The van der Waals surface area contributed by atoms with E-state index in [0.29, 0.717) is 18.8 Å². The van der Waals surface area contributed by atoms with Crippen molar-refractivity contribution in [1.29, 1.82) is 0 Å². The summed E-state index contributed by atoms with van der Waals surface area (Å²) in [6.07, 6.45) is 0. The summed E-state index contributed by atoms with van der Waals surface area (Å²) in [7, 11) is 1.94. The van der Waals surface area contributed by atoms with Gasteiger partial charge in [-0.3, -0.25) is 0 Å². The number of nitrogens with two attached hydrogens (primary N) is 1. The van der Waals surface area contributed by atoms with Crippen LogP contribution in [0.5, 0.6) is 0 Å². The molecule has 0 aliphatic rings. The molecule has 18 heavy (non-hydrogen) atoms. The normalized spacial score (nSPS) is 11.6. The van der Waals surface area contributed by atoms with E-state index in [2.05, 4.69) is 21.1 Å². The monoisotopic (exact) mass is 315 g/mol. The van der Waals surface area contributed by atoms with Gasteiger partial charge in [-0.05, 0) is 25.1 Å². The Balaban J connectivity index is 2.94. The molecule has 0 aromatic heterocycles. The highest BCUT2D eigenvalue weighted by Gasteiger charge is 2.11. The molecule has 0 fully saturated rings. The zero-order valence-corrected chi connectivity index (χ0v) is 12.1. The summed E-state index contributed by atoms with van der Waals surface area (Å²) in [5.41, 5.74) is 7.25. The molecule has 1 rings (SSSR count). The molecule has 5 nitrogen and oxygen atoms in total. The van der Waals surface area contributed by atoms with Crippen LogP contribution in [0.1, 0.15) is 12.5 Å². The Labute approximate surface area is 115 Å². The number of likely N-dealkylation sites (N-methyl/N-ethyl adjacent to an activating group) is 1. The summed E-state index contributed by atoms with van der Waals surface area (Å²) in [6.45, 7) is 4.02. The lowest BCUT2D eigenvalue weighted by Gasteiger charge is -2.22. The third-order valence-corrected chi connectivity index (χ3v) is 3.02. The molecular weight excluding hydrogens is 298 g/mol. The standard InChI is InChI=1S/C12H18BrN3O2/c1-3-18-7-6-16(2)11-8-9(13)4-5-10(11)12(14)15-17/h4-5,8,17H,3,6-7H2,1-2H3,(H2,14,15). The van der Waals surface area contributed by atoms with Gasteiger partial charge in [0, 0.05) is 35.9 Å². The number of anilines is 1. The Kier molecular flexibility index (Phi) is 5.94. The molecule has 0 saturated carbocycles. The first-order valence-corrected chi connectivity index (χ1v) is 6.45. The number of oxime groups is 1. The van der Waals surface area contributed by atoms with Gasteiger partial charge in [0.2, 0.25) is 0 Å². The van der Waals surface area contributed by atoms with Gasteiger partial charge in [0.15, 0.2) is 5.84 Å². The Morgan fingerprint density at radius 1 is 1.56 bits per heavy atom. The van der Waals surface area contributed by atoms with Gasteiger partial charge in [0.1, 0.15) is 0 Å². The zero-order valence-electron chi connectivity index (χ0n) is 10.6. The Morgan fingerprint density at radius 3 is 2.89 bits per heavy atom. The minimum absolute atomic E-state index is 0.0979. The maximum atomic E-state index is 8.79. The van der Waals surface area contributed by atoms with Gasteiger partial charge >= 0.3 is 0 Å². The minimum atomic E-state index is 0.0979. The summed E-state index contributed by atoms with van der Waals surface area (Å²) in [5, 5.41) is 11.8. The van der Waals surface area contributed by atoms with Crippen LogP contribution in [0, 0.1) is 0 Å². The number of rotatable bonds is 6. The zero-order chi connectivity index (χ0) is 13.5. The lowest BCUT2D eigenvalue weighted by molar-refractivity contribution is 0.154. The number of hydrogen-bond acceptors (Lipinski definition) is 4. The average molecular weight is 316 g/mol. The van der Waals surface area contributed by atoms with Crippen molar-refractivity contribution >= 4 is 27.5 Å². The van der Waals surface area contributed by atoms with Crippen molar-refractivity contribution in [2.45, 2.75) is 6.92 Å². The summed E-state index contributed by atoms with van der Waals surface area (Å²) < 4.78 is 6.26. The van der Waals surface area contributed by atoms with E-state index < -0.39 is 0 Å². The number of ether oxygens (including phenoxy) is 1. The lowest BCUT2D eigenvalue weighted by Crippen LogP contribution is -2.26. The largest absolute Gasteiger partial charge is 0.409 e. The van der Waals surface area contributed by atoms with Crippen LogP contribution in [0.25, 0.3) is 0 Å². The van der Waals surface area contributed by atoms with Gasteiger partial charge < -0.3 is 20.6 Å². The Bertz CT molecular complexity index is 424. The molecule has 0 unspecified atom stereocenters. The molecule has 0 saturated heterocycles. The van der Waals surface area contributed by atoms with Gasteiger partial charge in [-0.15, -0.1) is 0 Å². The van der Waals surface area contributed by atoms with E-state index in [0.717, 1.165) is 16.7 Å². The van der Waals surface area contributed by atoms with E-state index in [-0.39, 0.29) is 5.84 Å². The molecule has 0 aliphatic carbocycles. The van der Waals surface area contributed by atoms with E-state index in [9.17, 15) is 0 Å². The SMILES string of the molecule is CCOCCN(C)c1cc(Br)ccc1/C(N)=N/O. The highest BCUT2D eigenvalue weighted by atomic mass is 79.9. The van der Waals surface area contributed by atoms with Crippen LogP contribution in [0.4, 0.5) is 5.69 Å². The number of nitrogens with zero attached hydrogens (tertiary/aromatic N) is 2. The lowest BCUT2D eigenvalue weighted by atomic mass is 10.1. The molecule has 0 heterocycles. The van der Waals surface area contributed by atoms with Crippen LogP contribution in [0.3, 0.4) is 0 Å². The highest BCUT2D eigenvalue weighted by molar-refractivity contribution is 9.10. The van der Waals surface area contributed by atoms with Crippen molar-refractivity contribution in [2.24, 2.45) is 10.9 Å². The fourth-order valence-electron chi connectivity index (χ4n) is 1.56. The van der Waals surface area contributed by atoms with Crippen molar-refractivity contribution in [3.8, 4) is 0 Å². The molecule has 6 heteroatoms. The third kappa shape index (κ3) is 3.89. The second-order valence-corrected chi connectivity index (χ2v) is 4.68. The summed E-state index contributed by atoms with van der Waals surface area (Å²) >= 11 is 3.42. The Morgan fingerprint density at radius 2 is 2.28 bits per heavy atom. The maximum Gasteiger partial charge on any atom is 0.172 e.